The summed E-state index contributed by atoms with van der Waals surface area (Å²) in [6.07, 6.45) is 1.23. The van der Waals surface area contributed by atoms with E-state index in [9.17, 15) is 0 Å². The van der Waals surface area contributed by atoms with E-state index in [4.69, 9.17) is 5.73 Å². The predicted molar refractivity (Wildman–Crippen MR) is 81.3 cm³/mol. The van der Waals surface area contributed by atoms with Crippen LogP contribution in [0.5, 0.6) is 0 Å². The molecule has 2 N–H and O–H groups in total. The summed E-state index contributed by atoms with van der Waals surface area (Å²) in [4.78, 5) is 7.74. The molecule has 0 radical (unpaired) electrons. The van der Waals surface area contributed by atoms with Gasteiger partial charge in [-0.2, -0.15) is 0 Å². The highest BCUT2D eigenvalue weighted by Gasteiger charge is 2.44. The Morgan fingerprint density at radius 1 is 1.21 bits per heavy atom. The standard InChI is InChI=1S/C15H32N4/c1-13(2)10-18-5-7-19(8-6-18)15(11-16)9-14(3)17(4)12-15/h13-14H,5-12,16H2,1-4H3. The normalized spacial score (nSPS) is 35.4. The molecule has 4 heteroatoms. The zero-order valence-electron chi connectivity index (χ0n) is 13.2. The van der Waals surface area contributed by atoms with Crippen LogP contribution in [0.2, 0.25) is 0 Å². The molecule has 19 heavy (non-hydrogen) atoms. The third-order valence-corrected chi connectivity index (χ3v) is 5.02. The molecule has 4 nitrogen and oxygen atoms in total. The van der Waals surface area contributed by atoms with Gasteiger partial charge in [0.1, 0.15) is 0 Å². The maximum atomic E-state index is 6.16. The van der Waals surface area contributed by atoms with Gasteiger partial charge >= 0.3 is 0 Å². The molecule has 2 rings (SSSR count). The molecule has 2 aliphatic rings. The lowest BCUT2D eigenvalue weighted by atomic mass is 9.93. The largest absolute Gasteiger partial charge is 0.329 e. The van der Waals surface area contributed by atoms with E-state index >= 15 is 0 Å². The van der Waals surface area contributed by atoms with Gasteiger partial charge < -0.3 is 15.5 Å². The van der Waals surface area contributed by atoms with E-state index in [0.717, 1.165) is 19.0 Å². The highest BCUT2D eigenvalue weighted by atomic mass is 15.3. The number of rotatable bonds is 4. The van der Waals surface area contributed by atoms with Crippen LogP contribution in [-0.2, 0) is 0 Å². The number of likely N-dealkylation sites (N-methyl/N-ethyl adjacent to an activating group) is 1. The first-order chi connectivity index (χ1) is 8.97. The van der Waals surface area contributed by atoms with Crippen molar-refractivity contribution in [3.8, 4) is 0 Å². The van der Waals surface area contributed by atoms with Crippen LogP contribution in [0.25, 0.3) is 0 Å². The Kier molecular flexibility index (Phi) is 4.88. The van der Waals surface area contributed by atoms with Crippen LogP contribution in [0.15, 0.2) is 0 Å². The van der Waals surface area contributed by atoms with Gasteiger partial charge in [-0.1, -0.05) is 13.8 Å². The Labute approximate surface area is 118 Å². The average Bonchev–Trinajstić information content (AvgIpc) is 2.66. The Bertz CT molecular complexity index is 274. The molecule has 2 atom stereocenters. The van der Waals surface area contributed by atoms with Gasteiger partial charge in [-0.05, 0) is 26.3 Å². The third kappa shape index (κ3) is 3.30. The predicted octanol–water partition coefficient (Wildman–Crippen LogP) is 0.682. The molecule has 0 spiro atoms. The maximum Gasteiger partial charge on any atom is 0.0474 e. The average molecular weight is 268 g/mol. The van der Waals surface area contributed by atoms with Gasteiger partial charge in [-0.3, -0.25) is 4.90 Å². The van der Waals surface area contributed by atoms with Crippen LogP contribution in [0.4, 0.5) is 0 Å². The molecule has 2 aliphatic heterocycles. The minimum Gasteiger partial charge on any atom is -0.329 e. The molecule has 0 bridgehead atoms. The van der Waals surface area contributed by atoms with Crippen molar-refractivity contribution in [2.45, 2.75) is 38.8 Å². The summed E-state index contributed by atoms with van der Waals surface area (Å²) >= 11 is 0. The second-order valence-electron chi connectivity index (χ2n) is 7.08. The zero-order chi connectivity index (χ0) is 14.0. The van der Waals surface area contributed by atoms with Crippen LogP contribution in [-0.4, -0.2) is 79.1 Å². The van der Waals surface area contributed by atoms with E-state index in [2.05, 4.69) is 42.5 Å². The number of piperazine rings is 1. The number of hydrogen-bond acceptors (Lipinski definition) is 4. The Morgan fingerprint density at radius 3 is 2.26 bits per heavy atom. The number of likely N-dealkylation sites (tertiary alicyclic amines) is 1. The molecule has 112 valence electrons. The second kappa shape index (κ2) is 6.08. The number of nitrogens with two attached hydrogens (primary N) is 1. The van der Waals surface area contributed by atoms with Crippen LogP contribution in [0.1, 0.15) is 27.2 Å². The maximum absolute atomic E-state index is 6.16. The Balaban J connectivity index is 1.92. The molecule has 2 heterocycles. The number of nitrogens with zero attached hydrogens (tertiary/aromatic N) is 3. The molecule has 0 aliphatic carbocycles. The molecule has 2 fully saturated rings. The van der Waals surface area contributed by atoms with Gasteiger partial charge in [-0.15, -0.1) is 0 Å². The van der Waals surface area contributed by atoms with E-state index in [0.29, 0.717) is 6.04 Å². The van der Waals surface area contributed by atoms with Crippen LogP contribution >= 0.6 is 0 Å². The molecule has 2 saturated heterocycles. The van der Waals surface area contributed by atoms with E-state index in [1.807, 2.05) is 0 Å². The van der Waals surface area contributed by atoms with Crippen molar-refractivity contribution >= 4 is 0 Å². The smallest absolute Gasteiger partial charge is 0.0474 e. The zero-order valence-corrected chi connectivity index (χ0v) is 13.2. The first kappa shape index (κ1) is 15.2. The summed E-state index contributed by atoms with van der Waals surface area (Å²) in [6, 6.07) is 0.664. The van der Waals surface area contributed by atoms with E-state index in [1.165, 1.54) is 39.1 Å². The van der Waals surface area contributed by atoms with Gasteiger partial charge in [0.25, 0.3) is 0 Å². The molecule has 0 aromatic heterocycles. The minimum atomic E-state index is 0.234. The highest BCUT2D eigenvalue weighted by Crippen LogP contribution is 2.31. The topological polar surface area (TPSA) is 35.7 Å². The molecular formula is C15H32N4. The number of hydrogen-bond donors (Lipinski definition) is 1. The summed E-state index contributed by atoms with van der Waals surface area (Å²) < 4.78 is 0. The summed E-state index contributed by atoms with van der Waals surface area (Å²) in [5, 5.41) is 0. The van der Waals surface area contributed by atoms with Gasteiger partial charge in [0.05, 0.1) is 0 Å². The lowest BCUT2D eigenvalue weighted by Crippen LogP contribution is -2.61. The third-order valence-electron chi connectivity index (χ3n) is 5.02. The van der Waals surface area contributed by atoms with E-state index in [1.54, 1.807) is 0 Å². The van der Waals surface area contributed by atoms with Crippen molar-refractivity contribution in [1.29, 1.82) is 0 Å². The lowest BCUT2D eigenvalue weighted by molar-refractivity contribution is 0.0381. The lowest BCUT2D eigenvalue weighted by Gasteiger charge is -2.45. The van der Waals surface area contributed by atoms with Gasteiger partial charge in [0.2, 0.25) is 0 Å². The molecule has 0 aromatic rings. The van der Waals surface area contributed by atoms with Crippen molar-refractivity contribution in [3.05, 3.63) is 0 Å². The molecule has 2 unspecified atom stereocenters. The van der Waals surface area contributed by atoms with Crippen LogP contribution in [0, 0.1) is 5.92 Å². The Morgan fingerprint density at radius 2 is 1.84 bits per heavy atom. The minimum absolute atomic E-state index is 0.234. The van der Waals surface area contributed by atoms with Gasteiger partial charge in [0.15, 0.2) is 0 Å². The van der Waals surface area contributed by atoms with E-state index < -0.39 is 0 Å². The summed E-state index contributed by atoms with van der Waals surface area (Å²) in [7, 11) is 2.23. The summed E-state index contributed by atoms with van der Waals surface area (Å²) in [5.41, 5.74) is 6.39. The first-order valence-corrected chi connectivity index (χ1v) is 7.84. The van der Waals surface area contributed by atoms with Crippen molar-refractivity contribution < 1.29 is 0 Å². The second-order valence-corrected chi connectivity index (χ2v) is 7.08. The summed E-state index contributed by atoms with van der Waals surface area (Å²) in [5.74, 6) is 0.771. The SMILES string of the molecule is CC(C)CN1CCN(C2(CN)CC(C)N(C)C2)CC1. The monoisotopic (exact) mass is 268 g/mol. The highest BCUT2D eigenvalue weighted by molar-refractivity contribution is 5.03. The van der Waals surface area contributed by atoms with E-state index in [-0.39, 0.29) is 5.54 Å². The van der Waals surface area contributed by atoms with Crippen LogP contribution in [0.3, 0.4) is 0 Å². The van der Waals surface area contributed by atoms with Gasteiger partial charge in [-0.25, -0.2) is 0 Å². The Hall–Kier alpha value is -0.160. The van der Waals surface area contributed by atoms with Crippen molar-refractivity contribution in [2.24, 2.45) is 11.7 Å². The van der Waals surface area contributed by atoms with Crippen LogP contribution < -0.4 is 5.73 Å². The molecule has 0 aromatic carbocycles. The summed E-state index contributed by atoms with van der Waals surface area (Å²) in [6.45, 7) is 14.9. The molecule has 0 amide bonds. The quantitative estimate of drug-likeness (QED) is 0.813. The first-order valence-electron chi connectivity index (χ1n) is 7.84. The molecular weight excluding hydrogens is 236 g/mol. The van der Waals surface area contributed by atoms with Gasteiger partial charge in [0, 0.05) is 57.4 Å². The molecule has 0 saturated carbocycles. The fourth-order valence-corrected chi connectivity index (χ4v) is 3.82. The fraction of sp³-hybridized carbons (Fsp3) is 1.00. The van der Waals surface area contributed by atoms with Crippen molar-refractivity contribution in [2.75, 3.05) is 52.9 Å². The van der Waals surface area contributed by atoms with Crippen molar-refractivity contribution in [1.82, 2.24) is 14.7 Å². The fourth-order valence-electron chi connectivity index (χ4n) is 3.82. The van der Waals surface area contributed by atoms with Crippen molar-refractivity contribution in [3.63, 3.8) is 0 Å².